The summed E-state index contributed by atoms with van der Waals surface area (Å²) in [6.45, 7) is 6.58. The van der Waals surface area contributed by atoms with E-state index in [-0.39, 0.29) is 18.7 Å². The second-order valence-corrected chi connectivity index (χ2v) is 4.66. The number of likely N-dealkylation sites (N-methyl/N-ethyl adjacent to an activating group) is 1. The highest BCUT2D eigenvalue weighted by Crippen LogP contribution is 2.15. The fourth-order valence-corrected chi connectivity index (χ4v) is 1.40. The Morgan fingerprint density at radius 3 is 2.65 bits per heavy atom. The van der Waals surface area contributed by atoms with Crippen LogP contribution in [-0.2, 0) is 4.79 Å². The van der Waals surface area contributed by atoms with Gasteiger partial charge in [0.2, 0.25) is 17.8 Å². The van der Waals surface area contributed by atoms with E-state index in [9.17, 15) is 4.79 Å². The first kappa shape index (κ1) is 15.9. The maximum Gasteiger partial charge on any atom is 0.323 e. The average Bonchev–Trinajstić information content (AvgIpc) is 2.34. The minimum absolute atomic E-state index is 0.0261. The highest BCUT2D eigenvalue weighted by molar-refractivity contribution is 5.78. The van der Waals surface area contributed by atoms with E-state index in [1.165, 1.54) is 0 Å². The molecular weight excluding hydrogens is 260 g/mol. The second kappa shape index (κ2) is 7.46. The fraction of sp³-hybridized carbons (Fsp3) is 0.667. The number of amides is 1. The number of hydrogen-bond donors (Lipinski definition) is 2. The largest absolute Gasteiger partial charge is 0.461 e. The van der Waals surface area contributed by atoms with Crippen LogP contribution in [-0.4, -0.2) is 47.1 Å². The average molecular weight is 282 g/mol. The first-order chi connectivity index (χ1) is 9.42. The Morgan fingerprint density at radius 1 is 1.40 bits per heavy atom. The lowest BCUT2D eigenvalue weighted by molar-refractivity contribution is -0.116. The predicted octanol–water partition coefficient (Wildman–Crippen LogP) is 0.402. The minimum Gasteiger partial charge on any atom is -0.461 e. The van der Waals surface area contributed by atoms with Crippen molar-refractivity contribution >= 4 is 17.8 Å². The Labute approximate surface area is 118 Å². The zero-order chi connectivity index (χ0) is 15.1. The number of carbonyl (C=O) groups excluding carboxylic acids is 1. The number of aromatic nitrogens is 3. The summed E-state index contributed by atoms with van der Waals surface area (Å²) in [4.78, 5) is 25.1. The van der Waals surface area contributed by atoms with Gasteiger partial charge in [0.25, 0.3) is 0 Å². The van der Waals surface area contributed by atoms with Gasteiger partial charge in [-0.1, -0.05) is 6.92 Å². The molecule has 1 aromatic rings. The van der Waals surface area contributed by atoms with Gasteiger partial charge in [0.1, 0.15) is 0 Å². The molecule has 0 aliphatic rings. The monoisotopic (exact) mass is 282 g/mol. The van der Waals surface area contributed by atoms with Crippen LogP contribution in [0.1, 0.15) is 27.2 Å². The maximum absolute atomic E-state index is 11.0. The molecule has 112 valence electrons. The molecule has 0 fully saturated rings. The molecule has 20 heavy (non-hydrogen) atoms. The number of nitrogens with one attached hydrogen (secondary N) is 1. The molecule has 0 spiro atoms. The molecule has 0 saturated carbocycles. The SMILES string of the molecule is CCCNc1nc(OC(C)C)nc(N(C)CC(N)=O)n1. The number of nitrogens with zero attached hydrogens (tertiary/aromatic N) is 4. The molecule has 0 saturated heterocycles. The number of ether oxygens (including phenoxy) is 1. The summed E-state index contributed by atoms with van der Waals surface area (Å²) >= 11 is 0. The van der Waals surface area contributed by atoms with E-state index in [1.54, 1.807) is 11.9 Å². The van der Waals surface area contributed by atoms with E-state index in [0.717, 1.165) is 13.0 Å². The molecule has 0 atom stereocenters. The summed E-state index contributed by atoms with van der Waals surface area (Å²) in [5.41, 5.74) is 5.17. The molecule has 8 nitrogen and oxygen atoms in total. The van der Waals surface area contributed by atoms with E-state index in [2.05, 4.69) is 20.3 Å². The Bertz CT molecular complexity index is 452. The summed E-state index contributed by atoms with van der Waals surface area (Å²) in [5.74, 6) is 0.305. The van der Waals surface area contributed by atoms with Crippen molar-refractivity contribution < 1.29 is 9.53 Å². The zero-order valence-corrected chi connectivity index (χ0v) is 12.4. The Morgan fingerprint density at radius 2 is 2.10 bits per heavy atom. The van der Waals surface area contributed by atoms with E-state index in [0.29, 0.717) is 11.9 Å². The maximum atomic E-state index is 11.0. The summed E-state index contributed by atoms with van der Waals surface area (Å²) in [6, 6.07) is 0.222. The number of hydrogen-bond acceptors (Lipinski definition) is 7. The molecule has 0 radical (unpaired) electrons. The number of nitrogens with two attached hydrogens (primary N) is 1. The van der Waals surface area contributed by atoms with Gasteiger partial charge in [-0.05, 0) is 20.3 Å². The number of rotatable bonds is 8. The fourth-order valence-electron chi connectivity index (χ4n) is 1.40. The second-order valence-electron chi connectivity index (χ2n) is 4.66. The van der Waals surface area contributed by atoms with Gasteiger partial charge < -0.3 is 20.7 Å². The minimum atomic E-state index is -0.456. The Hall–Kier alpha value is -2.12. The third-order valence-electron chi connectivity index (χ3n) is 2.21. The van der Waals surface area contributed by atoms with Gasteiger partial charge in [-0.2, -0.15) is 15.0 Å². The molecule has 0 aromatic carbocycles. The molecule has 0 aliphatic heterocycles. The van der Waals surface area contributed by atoms with Crippen LogP contribution in [0, 0.1) is 0 Å². The van der Waals surface area contributed by atoms with Gasteiger partial charge in [-0.3, -0.25) is 4.79 Å². The van der Waals surface area contributed by atoms with Crippen molar-refractivity contribution in [3.63, 3.8) is 0 Å². The van der Waals surface area contributed by atoms with Crippen molar-refractivity contribution in [1.82, 2.24) is 15.0 Å². The lowest BCUT2D eigenvalue weighted by atomic mass is 10.5. The van der Waals surface area contributed by atoms with Crippen LogP contribution in [0.3, 0.4) is 0 Å². The van der Waals surface area contributed by atoms with Gasteiger partial charge in [0.15, 0.2) is 0 Å². The van der Waals surface area contributed by atoms with Crippen LogP contribution in [0.4, 0.5) is 11.9 Å². The van der Waals surface area contributed by atoms with Gasteiger partial charge in [0.05, 0.1) is 12.6 Å². The van der Waals surface area contributed by atoms with E-state index in [4.69, 9.17) is 10.5 Å². The molecule has 3 N–H and O–H groups in total. The van der Waals surface area contributed by atoms with Crippen molar-refractivity contribution in [3.8, 4) is 6.01 Å². The highest BCUT2D eigenvalue weighted by Gasteiger charge is 2.13. The molecule has 0 unspecified atom stereocenters. The molecule has 1 rings (SSSR count). The van der Waals surface area contributed by atoms with E-state index in [1.807, 2.05) is 20.8 Å². The Balaban J connectivity index is 2.98. The lowest BCUT2D eigenvalue weighted by Gasteiger charge is -2.17. The third-order valence-corrected chi connectivity index (χ3v) is 2.21. The normalized spacial score (nSPS) is 10.4. The van der Waals surface area contributed by atoms with Crippen LogP contribution >= 0.6 is 0 Å². The quantitative estimate of drug-likeness (QED) is 0.710. The molecule has 8 heteroatoms. The number of primary amides is 1. The third kappa shape index (κ3) is 5.25. The smallest absolute Gasteiger partial charge is 0.323 e. The molecular formula is C12H22N6O2. The standard InChI is InChI=1S/C12H22N6O2/c1-5-6-14-10-15-11(18(4)7-9(13)19)17-12(16-10)20-8(2)3/h8H,5-7H2,1-4H3,(H2,13,19)(H,14,15,16,17). The van der Waals surface area contributed by atoms with Crippen molar-refractivity contribution in [2.24, 2.45) is 5.73 Å². The molecule has 1 heterocycles. The van der Waals surface area contributed by atoms with Gasteiger partial charge >= 0.3 is 6.01 Å². The molecule has 0 bridgehead atoms. The molecule has 1 amide bonds. The summed E-state index contributed by atoms with van der Waals surface area (Å²) in [5, 5.41) is 3.07. The first-order valence-electron chi connectivity index (χ1n) is 6.58. The van der Waals surface area contributed by atoms with Gasteiger partial charge in [0, 0.05) is 13.6 Å². The van der Waals surface area contributed by atoms with Crippen LogP contribution in [0.2, 0.25) is 0 Å². The topological polar surface area (TPSA) is 106 Å². The van der Waals surface area contributed by atoms with Crippen LogP contribution in [0.15, 0.2) is 0 Å². The van der Waals surface area contributed by atoms with Crippen molar-refractivity contribution in [2.45, 2.75) is 33.3 Å². The number of carbonyl (C=O) groups is 1. The molecule has 0 aliphatic carbocycles. The lowest BCUT2D eigenvalue weighted by Crippen LogP contribution is -2.32. The highest BCUT2D eigenvalue weighted by atomic mass is 16.5. The summed E-state index contributed by atoms with van der Waals surface area (Å²) in [6.07, 6.45) is 0.893. The zero-order valence-electron chi connectivity index (χ0n) is 12.4. The van der Waals surface area contributed by atoms with Crippen LogP contribution in [0.25, 0.3) is 0 Å². The predicted molar refractivity (Wildman–Crippen MR) is 76.8 cm³/mol. The summed E-state index contributed by atoms with van der Waals surface area (Å²) in [7, 11) is 1.68. The molecule has 1 aromatic heterocycles. The van der Waals surface area contributed by atoms with Gasteiger partial charge in [-0.25, -0.2) is 0 Å². The van der Waals surface area contributed by atoms with Crippen molar-refractivity contribution in [3.05, 3.63) is 0 Å². The van der Waals surface area contributed by atoms with Crippen molar-refractivity contribution in [1.29, 1.82) is 0 Å². The van der Waals surface area contributed by atoms with Crippen molar-refractivity contribution in [2.75, 3.05) is 30.4 Å². The van der Waals surface area contributed by atoms with E-state index < -0.39 is 5.91 Å². The van der Waals surface area contributed by atoms with E-state index >= 15 is 0 Å². The Kier molecular flexibility index (Phi) is 5.95. The number of anilines is 2. The summed E-state index contributed by atoms with van der Waals surface area (Å²) < 4.78 is 5.49. The van der Waals surface area contributed by atoms with Crippen LogP contribution in [0.5, 0.6) is 6.01 Å². The first-order valence-corrected chi connectivity index (χ1v) is 6.58. The van der Waals surface area contributed by atoms with Crippen LogP contribution < -0.4 is 20.7 Å². The van der Waals surface area contributed by atoms with Gasteiger partial charge in [-0.15, -0.1) is 0 Å².